The summed E-state index contributed by atoms with van der Waals surface area (Å²) in [6.45, 7) is 2.19. The van der Waals surface area contributed by atoms with Crippen LogP contribution in [0.15, 0.2) is 0 Å². The minimum Gasteiger partial charge on any atom is -0.351 e. The van der Waals surface area contributed by atoms with E-state index in [1.54, 1.807) is 0 Å². The van der Waals surface area contributed by atoms with Crippen molar-refractivity contribution >= 4 is 29.2 Å². The molecule has 1 aliphatic rings. The molecule has 1 heterocycles. The quantitative estimate of drug-likeness (QED) is 0.888. The second kappa shape index (κ2) is 4.49. The molecule has 2 unspecified atom stereocenters. The minimum atomic E-state index is 0.130. The van der Waals surface area contributed by atoms with E-state index in [0.29, 0.717) is 12.0 Å². The highest BCUT2D eigenvalue weighted by Crippen LogP contribution is 2.36. The summed E-state index contributed by atoms with van der Waals surface area (Å²) in [7, 11) is 0. The lowest BCUT2D eigenvalue weighted by Gasteiger charge is -2.03. The van der Waals surface area contributed by atoms with E-state index in [1.807, 2.05) is 0 Å². The van der Waals surface area contributed by atoms with Crippen molar-refractivity contribution in [2.75, 3.05) is 5.32 Å². The summed E-state index contributed by atoms with van der Waals surface area (Å²) < 4.78 is 0. The highest BCUT2D eigenvalue weighted by atomic mass is 35.5. The van der Waals surface area contributed by atoms with Crippen LogP contribution in [0.3, 0.4) is 0 Å². The number of nitrogens with zero attached hydrogens (tertiary/aromatic N) is 3. The first-order chi connectivity index (χ1) is 7.19. The summed E-state index contributed by atoms with van der Waals surface area (Å²) in [5.74, 6) is 1.22. The molecule has 1 aromatic rings. The van der Waals surface area contributed by atoms with E-state index >= 15 is 0 Å². The predicted molar refractivity (Wildman–Crippen MR) is 60.3 cm³/mol. The van der Waals surface area contributed by atoms with Crippen LogP contribution in [0.5, 0.6) is 0 Å². The summed E-state index contributed by atoms with van der Waals surface area (Å²) in [6.07, 6.45) is 3.63. The van der Waals surface area contributed by atoms with Crippen molar-refractivity contribution in [1.29, 1.82) is 0 Å². The topological polar surface area (TPSA) is 50.7 Å². The first kappa shape index (κ1) is 10.9. The summed E-state index contributed by atoms with van der Waals surface area (Å²) in [6, 6.07) is 0.472. The zero-order valence-electron chi connectivity index (χ0n) is 8.37. The van der Waals surface area contributed by atoms with E-state index in [1.165, 1.54) is 19.3 Å². The minimum absolute atomic E-state index is 0.130. The number of aromatic nitrogens is 3. The second-order valence-corrected chi connectivity index (χ2v) is 4.41. The van der Waals surface area contributed by atoms with Gasteiger partial charge < -0.3 is 5.32 Å². The van der Waals surface area contributed by atoms with Crippen molar-refractivity contribution in [3.05, 3.63) is 10.6 Å². The van der Waals surface area contributed by atoms with Gasteiger partial charge in [-0.05, 0) is 42.0 Å². The molecule has 0 radical (unpaired) electrons. The van der Waals surface area contributed by atoms with Crippen molar-refractivity contribution < 1.29 is 0 Å². The normalized spacial score (nSPS) is 23.9. The molecular weight excluding hydrogens is 235 g/mol. The molecule has 0 saturated heterocycles. The summed E-state index contributed by atoms with van der Waals surface area (Å²) in [4.78, 5) is 11.6. The summed E-state index contributed by atoms with van der Waals surface area (Å²) in [5, 5.41) is 3.46. The van der Waals surface area contributed by atoms with E-state index in [2.05, 4.69) is 27.2 Å². The van der Waals surface area contributed by atoms with Crippen molar-refractivity contribution in [2.45, 2.75) is 32.2 Å². The average molecular weight is 247 g/mol. The highest BCUT2D eigenvalue weighted by Gasteiger charge is 2.36. The third kappa shape index (κ3) is 2.92. The van der Waals surface area contributed by atoms with Crippen LogP contribution in [0.25, 0.3) is 0 Å². The van der Waals surface area contributed by atoms with Gasteiger partial charge in [0.1, 0.15) is 0 Å². The predicted octanol–water partition coefficient (Wildman–Crippen LogP) is 2.78. The van der Waals surface area contributed by atoms with Gasteiger partial charge in [0.15, 0.2) is 0 Å². The first-order valence-corrected chi connectivity index (χ1v) is 5.78. The Bertz CT molecular complexity index is 338. The Labute approximate surface area is 98.4 Å². The molecule has 0 spiro atoms. The number of hydrogen-bond acceptors (Lipinski definition) is 4. The number of anilines is 1. The van der Waals surface area contributed by atoms with Crippen LogP contribution >= 0.6 is 23.2 Å². The summed E-state index contributed by atoms with van der Waals surface area (Å²) >= 11 is 11.3. The summed E-state index contributed by atoms with van der Waals surface area (Å²) in [5.41, 5.74) is 0. The van der Waals surface area contributed by atoms with Crippen LogP contribution in [0, 0.1) is 5.92 Å². The maximum atomic E-state index is 5.66. The Kier molecular flexibility index (Phi) is 3.26. The lowest BCUT2D eigenvalue weighted by atomic mass is 10.2. The Morgan fingerprint density at radius 2 is 1.93 bits per heavy atom. The second-order valence-electron chi connectivity index (χ2n) is 3.73. The van der Waals surface area contributed by atoms with Crippen molar-refractivity contribution in [3.63, 3.8) is 0 Å². The molecule has 82 valence electrons. The van der Waals surface area contributed by atoms with E-state index in [4.69, 9.17) is 23.2 Å². The van der Waals surface area contributed by atoms with Gasteiger partial charge in [-0.1, -0.05) is 13.3 Å². The first-order valence-electron chi connectivity index (χ1n) is 5.02. The zero-order valence-corrected chi connectivity index (χ0v) is 9.89. The van der Waals surface area contributed by atoms with Crippen LogP contribution < -0.4 is 5.32 Å². The van der Waals surface area contributed by atoms with Crippen LogP contribution in [-0.4, -0.2) is 21.0 Å². The monoisotopic (exact) mass is 246 g/mol. The van der Waals surface area contributed by atoms with Gasteiger partial charge in [0, 0.05) is 6.04 Å². The van der Waals surface area contributed by atoms with Gasteiger partial charge in [-0.15, -0.1) is 0 Å². The third-order valence-electron chi connectivity index (χ3n) is 2.48. The molecule has 1 saturated carbocycles. The highest BCUT2D eigenvalue weighted by molar-refractivity contribution is 6.31. The fraction of sp³-hybridized carbons (Fsp3) is 0.667. The molecule has 1 aliphatic carbocycles. The van der Waals surface area contributed by atoms with Crippen molar-refractivity contribution in [3.8, 4) is 0 Å². The SMILES string of the molecule is CCCC1CC1Nc1nc(Cl)nc(Cl)n1. The fourth-order valence-corrected chi connectivity index (χ4v) is 2.03. The van der Waals surface area contributed by atoms with Crippen LogP contribution in [0.1, 0.15) is 26.2 Å². The molecule has 15 heavy (non-hydrogen) atoms. The molecular formula is C9H12Cl2N4. The molecule has 1 aromatic heterocycles. The van der Waals surface area contributed by atoms with E-state index in [-0.39, 0.29) is 10.6 Å². The van der Waals surface area contributed by atoms with Gasteiger partial charge >= 0.3 is 0 Å². The average Bonchev–Trinajstić information content (AvgIpc) is 2.82. The molecule has 2 atom stereocenters. The molecule has 0 aliphatic heterocycles. The van der Waals surface area contributed by atoms with Gasteiger partial charge in [-0.3, -0.25) is 0 Å². The standard InChI is InChI=1S/C9H12Cl2N4/c1-2-3-5-4-6(5)12-9-14-7(10)13-8(11)15-9/h5-6H,2-4H2,1H3,(H,12,13,14,15). The Morgan fingerprint density at radius 1 is 1.27 bits per heavy atom. The van der Waals surface area contributed by atoms with E-state index < -0.39 is 0 Å². The fourth-order valence-electron chi connectivity index (χ4n) is 1.67. The van der Waals surface area contributed by atoms with Crippen molar-refractivity contribution in [1.82, 2.24) is 15.0 Å². The number of hydrogen-bond donors (Lipinski definition) is 1. The molecule has 0 bridgehead atoms. The van der Waals surface area contributed by atoms with Gasteiger partial charge in [-0.25, -0.2) is 0 Å². The van der Waals surface area contributed by atoms with Crippen LogP contribution in [-0.2, 0) is 0 Å². The molecule has 1 N–H and O–H groups in total. The van der Waals surface area contributed by atoms with Crippen LogP contribution in [0.2, 0.25) is 10.6 Å². The van der Waals surface area contributed by atoms with E-state index in [0.717, 1.165) is 5.92 Å². The Morgan fingerprint density at radius 3 is 2.53 bits per heavy atom. The zero-order chi connectivity index (χ0) is 10.8. The molecule has 4 nitrogen and oxygen atoms in total. The third-order valence-corrected chi connectivity index (χ3v) is 2.82. The molecule has 2 rings (SSSR count). The Balaban J connectivity index is 1.94. The maximum Gasteiger partial charge on any atom is 0.228 e. The molecule has 0 aromatic carbocycles. The number of halogens is 2. The van der Waals surface area contributed by atoms with Gasteiger partial charge in [0.25, 0.3) is 0 Å². The lowest BCUT2D eigenvalue weighted by molar-refractivity contribution is 0.691. The van der Waals surface area contributed by atoms with Gasteiger partial charge in [0.05, 0.1) is 0 Å². The lowest BCUT2D eigenvalue weighted by Crippen LogP contribution is -2.09. The number of rotatable bonds is 4. The largest absolute Gasteiger partial charge is 0.351 e. The molecule has 0 amide bonds. The van der Waals surface area contributed by atoms with Gasteiger partial charge in [0.2, 0.25) is 16.5 Å². The maximum absolute atomic E-state index is 5.66. The molecule has 6 heteroatoms. The van der Waals surface area contributed by atoms with Crippen LogP contribution in [0.4, 0.5) is 5.95 Å². The van der Waals surface area contributed by atoms with Gasteiger partial charge in [-0.2, -0.15) is 15.0 Å². The van der Waals surface area contributed by atoms with E-state index in [9.17, 15) is 0 Å². The van der Waals surface area contributed by atoms with Crippen molar-refractivity contribution in [2.24, 2.45) is 5.92 Å². The number of nitrogens with one attached hydrogen (secondary N) is 1. The smallest absolute Gasteiger partial charge is 0.228 e. The Hall–Kier alpha value is -0.610. The molecule has 1 fully saturated rings.